The molecule has 0 aromatic rings. The second-order valence-electron chi connectivity index (χ2n) is 5.89. The van der Waals surface area contributed by atoms with E-state index < -0.39 is 7.60 Å². The first-order valence-electron chi connectivity index (χ1n) is 6.90. The number of amides is 1. The van der Waals surface area contributed by atoms with Crippen LogP contribution < -0.4 is 10.6 Å². The predicted molar refractivity (Wildman–Crippen MR) is 81.1 cm³/mol. The van der Waals surface area contributed by atoms with Gasteiger partial charge in [-0.15, -0.1) is 0 Å². The molecule has 0 fully saturated rings. The fraction of sp³-hybridized carbons (Fsp3) is 0.923. The van der Waals surface area contributed by atoms with Gasteiger partial charge < -0.3 is 19.7 Å². The van der Waals surface area contributed by atoms with Crippen molar-refractivity contribution >= 4 is 13.5 Å². The van der Waals surface area contributed by atoms with E-state index in [1.54, 1.807) is 0 Å². The van der Waals surface area contributed by atoms with Gasteiger partial charge in [-0.1, -0.05) is 20.8 Å². The van der Waals surface area contributed by atoms with Crippen molar-refractivity contribution in [1.29, 1.82) is 0 Å². The van der Waals surface area contributed by atoms with Crippen LogP contribution in [-0.2, 0) is 18.4 Å². The summed E-state index contributed by atoms with van der Waals surface area (Å²) in [5.74, 6) is 0.0840. The molecule has 0 aromatic heterocycles. The van der Waals surface area contributed by atoms with Crippen molar-refractivity contribution in [1.82, 2.24) is 10.6 Å². The fourth-order valence-corrected chi connectivity index (χ4v) is 2.53. The minimum absolute atomic E-state index is 0.0177. The molecular formula is C13H29N2O4P. The first kappa shape index (κ1) is 19.6. The Labute approximate surface area is 122 Å². The Balaban J connectivity index is 3.55. The molecule has 0 aliphatic rings. The zero-order valence-electron chi connectivity index (χ0n) is 13.3. The highest BCUT2D eigenvalue weighted by atomic mass is 31.2. The van der Waals surface area contributed by atoms with Crippen LogP contribution >= 0.6 is 7.60 Å². The molecule has 0 rings (SSSR count). The minimum Gasteiger partial charge on any atom is -0.356 e. The van der Waals surface area contributed by atoms with Gasteiger partial charge in [-0.2, -0.15) is 0 Å². The summed E-state index contributed by atoms with van der Waals surface area (Å²) in [6.07, 6.45) is 1.71. The largest absolute Gasteiger partial charge is 0.356 e. The molecule has 20 heavy (non-hydrogen) atoms. The molecule has 0 aliphatic heterocycles. The summed E-state index contributed by atoms with van der Waals surface area (Å²) >= 11 is 0. The number of hydrogen-bond donors (Lipinski definition) is 2. The normalized spacial score (nSPS) is 12.4. The highest BCUT2D eigenvalue weighted by Gasteiger charge is 2.19. The molecule has 0 saturated heterocycles. The zero-order chi connectivity index (χ0) is 15.6. The summed E-state index contributed by atoms with van der Waals surface area (Å²) in [6, 6.07) is 0. The first-order chi connectivity index (χ1) is 9.22. The monoisotopic (exact) mass is 308 g/mol. The molecular weight excluding hydrogens is 279 g/mol. The lowest BCUT2D eigenvalue weighted by molar-refractivity contribution is -0.122. The van der Waals surface area contributed by atoms with E-state index in [4.69, 9.17) is 9.05 Å². The fourth-order valence-electron chi connectivity index (χ4n) is 1.58. The molecule has 0 saturated carbocycles. The van der Waals surface area contributed by atoms with Gasteiger partial charge >= 0.3 is 7.60 Å². The summed E-state index contributed by atoms with van der Waals surface area (Å²) in [4.78, 5) is 11.6. The molecule has 0 heterocycles. The Bertz CT molecular complexity index is 321. The third kappa shape index (κ3) is 10.4. The highest BCUT2D eigenvalue weighted by molar-refractivity contribution is 7.53. The maximum absolute atomic E-state index is 11.7. The minimum atomic E-state index is -2.91. The summed E-state index contributed by atoms with van der Waals surface area (Å²) in [7, 11) is -0.140. The molecule has 7 heteroatoms. The Morgan fingerprint density at radius 3 is 2.20 bits per heavy atom. The molecule has 0 bridgehead atoms. The molecule has 6 nitrogen and oxygen atoms in total. The van der Waals surface area contributed by atoms with E-state index in [9.17, 15) is 9.36 Å². The van der Waals surface area contributed by atoms with Gasteiger partial charge in [0.2, 0.25) is 5.91 Å². The summed E-state index contributed by atoms with van der Waals surface area (Å²) < 4.78 is 21.4. The van der Waals surface area contributed by atoms with Crippen molar-refractivity contribution in [2.45, 2.75) is 33.6 Å². The molecule has 0 radical (unpaired) electrons. The predicted octanol–water partition coefficient (Wildman–Crippen LogP) is 2.00. The van der Waals surface area contributed by atoms with E-state index in [0.717, 1.165) is 13.0 Å². The number of rotatable bonds is 10. The maximum Gasteiger partial charge on any atom is 0.331 e. The number of nitrogens with one attached hydrogen (secondary N) is 2. The molecule has 0 atom stereocenters. The third-order valence-corrected chi connectivity index (χ3v) is 4.55. The summed E-state index contributed by atoms with van der Waals surface area (Å²) in [5.41, 5.74) is 0.0177. The van der Waals surface area contributed by atoms with Crippen LogP contribution in [0.4, 0.5) is 0 Å². The lowest BCUT2D eigenvalue weighted by Gasteiger charge is -2.17. The van der Waals surface area contributed by atoms with E-state index >= 15 is 0 Å². The highest BCUT2D eigenvalue weighted by Crippen LogP contribution is 2.45. The quantitative estimate of drug-likeness (QED) is 0.477. The number of carbonyl (C=O) groups is 1. The van der Waals surface area contributed by atoms with Crippen LogP contribution in [0.25, 0.3) is 0 Å². The molecule has 0 aliphatic carbocycles. The van der Waals surface area contributed by atoms with E-state index in [-0.39, 0.29) is 11.3 Å². The molecule has 2 N–H and O–H groups in total. The molecule has 1 amide bonds. The van der Waals surface area contributed by atoms with Crippen molar-refractivity contribution in [3.8, 4) is 0 Å². The Kier molecular flexibility index (Phi) is 9.30. The third-order valence-electron chi connectivity index (χ3n) is 2.66. The molecule has 0 spiro atoms. The van der Waals surface area contributed by atoms with Crippen molar-refractivity contribution < 1.29 is 18.4 Å². The summed E-state index contributed by atoms with van der Waals surface area (Å²) in [6.45, 7) is 8.08. The van der Waals surface area contributed by atoms with E-state index in [1.165, 1.54) is 14.2 Å². The zero-order valence-corrected chi connectivity index (χ0v) is 14.2. The molecule has 120 valence electrons. The lowest BCUT2D eigenvalue weighted by atomic mass is 9.92. The Hall–Kier alpha value is -0.420. The van der Waals surface area contributed by atoms with Gasteiger partial charge in [0.15, 0.2) is 0 Å². The SMILES string of the molecule is COP(=O)(CCNCCCNC(=O)CC(C)(C)C)OC. The van der Waals surface area contributed by atoms with Crippen LogP contribution in [0.15, 0.2) is 0 Å². The maximum atomic E-state index is 11.7. The van der Waals surface area contributed by atoms with Gasteiger partial charge in [0.05, 0.1) is 6.16 Å². The van der Waals surface area contributed by atoms with Gasteiger partial charge in [0.25, 0.3) is 0 Å². The molecule has 0 unspecified atom stereocenters. The van der Waals surface area contributed by atoms with Gasteiger partial charge in [-0.3, -0.25) is 9.36 Å². The summed E-state index contributed by atoms with van der Waals surface area (Å²) in [5, 5.41) is 6.03. The second kappa shape index (κ2) is 9.50. The first-order valence-corrected chi connectivity index (χ1v) is 8.63. The van der Waals surface area contributed by atoms with E-state index in [0.29, 0.717) is 25.7 Å². The van der Waals surface area contributed by atoms with Crippen LogP contribution in [0.2, 0.25) is 0 Å². The standard InChI is InChI=1S/C13H29N2O4P/c1-13(2,3)11-12(16)15-8-6-7-14-9-10-20(17,18-4)19-5/h14H,6-11H2,1-5H3,(H,15,16). The van der Waals surface area contributed by atoms with Crippen molar-refractivity contribution in [3.63, 3.8) is 0 Å². The van der Waals surface area contributed by atoms with Crippen LogP contribution in [0.5, 0.6) is 0 Å². The van der Waals surface area contributed by atoms with E-state index in [2.05, 4.69) is 10.6 Å². The van der Waals surface area contributed by atoms with Gasteiger partial charge in [-0.25, -0.2) is 0 Å². The molecule has 0 aromatic carbocycles. The second-order valence-corrected chi connectivity index (χ2v) is 8.29. The van der Waals surface area contributed by atoms with Crippen LogP contribution in [0, 0.1) is 5.41 Å². The van der Waals surface area contributed by atoms with Crippen LogP contribution in [-0.4, -0.2) is 45.9 Å². The average molecular weight is 308 g/mol. The van der Waals surface area contributed by atoms with Crippen LogP contribution in [0.3, 0.4) is 0 Å². The van der Waals surface area contributed by atoms with E-state index in [1.807, 2.05) is 20.8 Å². The Morgan fingerprint density at radius 1 is 1.10 bits per heavy atom. The Morgan fingerprint density at radius 2 is 1.70 bits per heavy atom. The number of carbonyl (C=O) groups excluding carboxylic acids is 1. The van der Waals surface area contributed by atoms with Crippen LogP contribution in [0.1, 0.15) is 33.6 Å². The van der Waals surface area contributed by atoms with Crippen molar-refractivity contribution in [2.24, 2.45) is 5.41 Å². The van der Waals surface area contributed by atoms with Gasteiger partial charge in [-0.05, 0) is 18.4 Å². The average Bonchev–Trinajstić information content (AvgIpc) is 2.35. The topological polar surface area (TPSA) is 76.7 Å². The van der Waals surface area contributed by atoms with Gasteiger partial charge in [0, 0.05) is 33.7 Å². The smallest absolute Gasteiger partial charge is 0.331 e. The lowest BCUT2D eigenvalue weighted by Crippen LogP contribution is -2.30. The number of hydrogen-bond acceptors (Lipinski definition) is 5. The van der Waals surface area contributed by atoms with Crippen molar-refractivity contribution in [2.75, 3.05) is 40.0 Å². The van der Waals surface area contributed by atoms with Gasteiger partial charge in [0.1, 0.15) is 0 Å². The van der Waals surface area contributed by atoms with Crippen molar-refractivity contribution in [3.05, 3.63) is 0 Å².